The standard InChI is InChI=1S/C14H16ClNS/c1-2-8-3-5-10-13(8)11-7-9(15)4-6-12(11)16-14(10)17/h4,6-8,10,13H,2-3,5H2,1H3,(H,16,17). The van der Waals surface area contributed by atoms with E-state index in [-0.39, 0.29) is 0 Å². The molecular formula is C14H16ClNS. The zero-order valence-corrected chi connectivity index (χ0v) is 11.4. The molecule has 1 aromatic rings. The van der Waals surface area contributed by atoms with Crippen molar-refractivity contribution < 1.29 is 0 Å². The maximum atomic E-state index is 6.13. The summed E-state index contributed by atoms with van der Waals surface area (Å²) in [6, 6.07) is 6.12. The van der Waals surface area contributed by atoms with Gasteiger partial charge in [0.15, 0.2) is 0 Å². The van der Waals surface area contributed by atoms with Gasteiger partial charge in [-0.15, -0.1) is 0 Å². The summed E-state index contributed by atoms with van der Waals surface area (Å²) in [5, 5.41) is 4.21. The van der Waals surface area contributed by atoms with E-state index in [1.54, 1.807) is 0 Å². The molecule has 17 heavy (non-hydrogen) atoms. The summed E-state index contributed by atoms with van der Waals surface area (Å²) in [6.07, 6.45) is 3.75. The Morgan fingerprint density at radius 1 is 1.41 bits per heavy atom. The van der Waals surface area contributed by atoms with Crippen LogP contribution in [0.15, 0.2) is 18.2 Å². The summed E-state index contributed by atoms with van der Waals surface area (Å²) in [6.45, 7) is 2.28. The van der Waals surface area contributed by atoms with Crippen LogP contribution in [0.4, 0.5) is 5.69 Å². The lowest BCUT2D eigenvalue weighted by Gasteiger charge is -2.33. The highest BCUT2D eigenvalue weighted by molar-refractivity contribution is 7.80. The van der Waals surface area contributed by atoms with E-state index in [2.05, 4.69) is 24.4 Å². The third-order valence-corrected chi connectivity index (χ3v) is 4.92. The van der Waals surface area contributed by atoms with Gasteiger partial charge in [0.1, 0.15) is 0 Å². The summed E-state index contributed by atoms with van der Waals surface area (Å²) < 4.78 is 0. The van der Waals surface area contributed by atoms with Crippen LogP contribution < -0.4 is 5.32 Å². The Kier molecular flexibility index (Phi) is 2.87. The molecule has 0 spiro atoms. The van der Waals surface area contributed by atoms with Crippen molar-refractivity contribution in [2.24, 2.45) is 11.8 Å². The predicted octanol–water partition coefficient (Wildman–Crippen LogP) is 4.61. The number of nitrogens with one attached hydrogen (secondary N) is 1. The molecule has 0 radical (unpaired) electrons. The molecule has 90 valence electrons. The Morgan fingerprint density at radius 2 is 2.24 bits per heavy atom. The topological polar surface area (TPSA) is 12.0 Å². The van der Waals surface area contributed by atoms with Gasteiger partial charge in [-0.3, -0.25) is 0 Å². The van der Waals surface area contributed by atoms with E-state index in [0.29, 0.717) is 11.8 Å². The summed E-state index contributed by atoms with van der Waals surface area (Å²) in [5.74, 6) is 1.88. The van der Waals surface area contributed by atoms with Crippen molar-refractivity contribution in [1.29, 1.82) is 0 Å². The molecule has 3 atom stereocenters. The first-order valence-electron chi connectivity index (χ1n) is 6.31. The van der Waals surface area contributed by atoms with Crippen LogP contribution in [0.3, 0.4) is 0 Å². The van der Waals surface area contributed by atoms with Gasteiger partial charge in [0.25, 0.3) is 0 Å². The van der Waals surface area contributed by atoms with Crippen molar-refractivity contribution in [3.8, 4) is 0 Å². The van der Waals surface area contributed by atoms with Gasteiger partial charge in [0.2, 0.25) is 0 Å². The Bertz CT molecular complexity index is 471. The van der Waals surface area contributed by atoms with Gasteiger partial charge < -0.3 is 5.32 Å². The lowest BCUT2D eigenvalue weighted by Crippen LogP contribution is -2.30. The van der Waals surface area contributed by atoms with Crippen molar-refractivity contribution in [2.75, 3.05) is 5.32 Å². The molecule has 3 heteroatoms. The molecule has 3 unspecified atom stereocenters. The number of rotatable bonds is 1. The fourth-order valence-electron chi connectivity index (χ4n) is 3.45. The van der Waals surface area contributed by atoms with Crippen molar-refractivity contribution in [1.82, 2.24) is 0 Å². The molecule has 1 N–H and O–H groups in total. The third kappa shape index (κ3) is 1.78. The van der Waals surface area contributed by atoms with E-state index < -0.39 is 0 Å². The van der Waals surface area contributed by atoms with E-state index in [0.717, 1.165) is 15.9 Å². The molecule has 2 aliphatic rings. The first-order valence-corrected chi connectivity index (χ1v) is 7.09. The van der Waals surface area contributed by atoms with E-state index >= 15 is 0 Å². The quantitative estimate of drug-likeness (QED) is 0.744. The number of hydrogen-bond acceptors (Lipinski definition) is 1. The van der Waals surface area contributed by atoms with E-state index in [9.17, 15) is 0 Å². The van der Waals surface area contributed by atoms with Crippen molar-refractivity contribution in [2.45, 2.75) is 32.1 Å². The second-order valence-electron chi connectivity index (χ2n) is 5.10. The molecule has 1 heterocycles. The van der Waals surface area contributed by atoms with Gasteiger partial charge in [-0.2, -0.15) is 0 Å². The lowest BCUT2D eigenvalue weighted by atomic mass is 9.79. The maximum absolute atomic E-state index is 6.13. The summed E-state index contributed by atoms with van der Waals surface area (Å²) >= 11 is 11.6. The molecule has 1 nitrogen and oxygen atoms in total. The molecule has 0 aromatic heterocycles. The Morgan fingerprint density at radius 3 is 3.00 bits per heavy atom. The zero-order chi connectivity index (χ0) is 12.0. The Labute approximate surface area is 113 Å². The van der Waals surface area contributed by atoms with Crippen LogP contribution in [0.5, 0.6) is 0 Å². The molecular weight excluding hydrogens is 250 g/mol. The van der Waals surface area contributed by atoms with Crippen LogP contribution in [-0.2, 0) is 0 Å². The molecule has 1 aromatic carbocycles. The first kappa shape index (κ1) is 11.5. The number of anilines is 1. The highest BCUT2D eigenvalue weighted by Crippen LogP contribution is 2.51. The highest BCUT2D eigenvalue weighted by Gasteiger charge is 2.42. The fourth-order valence-corrected chi connectivity index (χ4v) is 4.01. The van der Waals surface area contributed by atoms with Crippen LogP contribution >= 0.6 is 23.8 Å². The molecule has 1 aliphatic carbocycles. The third-order valence-electron chi connectivity index (χ3n) is 4.28. The Balaban J connectivity index is 2.10. The molecule has 1 fully saturated rings. The van der Waals surface area contributed by atoms with Gasteiger partial charge >= 0.3 is 0 Å². The van der Waals surface area contributed by atoms with E-state index in [1.807, 2.05) is 6.07 Å². The first-order chi connectivity index (χ1) is 8.20. The van der Waals surface area contributed by atoms with Crippen molar-refractivity contribution in [3.63, 3.8) is 0 Å². The zero-order valence-electron chi connectivity index (χ0n) is 9.87. The molecule has 0 amide bonds. The lowest BCUT2D eigenvalue weighted by molar-refractivity contribution is 0.448. The number of halogens is 1. The minimum atomic E-state index is 0.529. The number of hydrogen-bond donors (Lipinski definition) is 1. The summed E-state index contributed by atoms with van der Waals surface area (Å²) in [7, 11) is 0. The monoisotopic (exact) mass is 265 g/mol. The second kappa shape index (κ2) is 4.25. The van der Waals surface area contributed by atoms with Crippen molar-refractivity contribution >= 4 is 34.5 Å². The van der Waals surface area contributed by atoms with Crippen LogP contribution in [0, 0.1) is 11.8 Å². The largest absolute Gasteiger partial charge is 0.350 e. The van der Waals surface area contributed by atoms with Crippen LogP contribution in [-0.4, -0.2) is 4.99 Å². The van der Waals surface area contributed by atoms with Crippen LogP contribution in [0.25, 0.3) is 0 Å². The normalized spacial score (nSPS) is 30.7. The number of thiocarbonyl (C=S) groups is 1. The molecule has 0 saturated heterocycles. The van der Waals surface area contributed by atoms with Gasteiger partial charge in [-0.05, 0) is 48.4 Å². The van der Waals surface area contributed by atoms with E-state index in [1.165, 1.54) is 30.5 Å². The highest BCUT2D eigenvalue weighted by atomic mass is 35.5. The second-order valence-corrected chi connectivity index (χ2v) is 5.98. The predicted molar refractivity (Wildman–Crippen MR) is 76.9 cm³/mol. The van der Waals surface area contributed by atoms with Gasteiger partial charge in [0.05, 0.1) is 4.99 Å². The van der Waals surface area contributed by atoms with Gasteiger partial charge in [-0.1, -0.05) is 37.2 Å². The summed E-state index contributed by atoms with van der Waals surface area (Å²) in [5.41, 5.74) is 2.54. The molecule has 0 bridgehead atoms. The maximum Gasteiger partial charge on any atom is 0.0835 e. The molecule has 1 aliphatic heterocycles. The molecule has 1 saturated carbocycles. The number of fused-ring (bicyclic) bond motifs is 3. The SMILES string of the molecule is CCC1CCC2C(=S)Nc3ccc(Cl)cc3C12. The van der Waals surface area contributed by atoms with E-state index in [4.69, 9.17) is 23.8 Å². The van der Waals surface area contributed by atoms with Crippen LogP contribution in [0.2, 0.25) is 5.02 Å². The van der Waals surface area contributed by atoms with Crippen LogP contribution in [0.1, 0.15) is 37.7 Å². The minimum absolute atomic E-state index is 0.529. The molecule has 3 rings (SSSR count). The Hall–Kier alpha value is -0.600. The van der Waals surface area contributed by atoms with Gasteiger partial charge in [0, 0.05) is 16.6 Å². The fraction of sp³-hybridized carbons (Fsp3) is 0.500. The van der Waals surface area contributed by atoms with Crippen molar-refractivity contribution in [3.05, 3.63) is 28.8 Å². The van der Waals surface area contributed by atoms with Gasteiger partial charge in [-0.25, -0.2) is 0 Å². The smallest absolute Gasteiger partial charge is 0.0835 e. The average molecular weight is 266 g/mol. The number of benzene rings is 1. The summed E-state index contributed by atoms with van der Waals surface area (Å²) in [4.78, 5) is 1.03. The minimum Gasteiger partial charge on any atom is -0.350 e. The average Bonchev–Trinajstić information content (AvgIpc) is 2.75.